The molecule has 126 valence electrons. The topological polar surface area (TPSA) is 66.8 Å². The molecule has 0 aliphatic rings. The first kappa shape index (κ1) is 17.7. The van der Waals surface area contributed by atoms with Crippen LogP contribution in [0.2, 0.25) is 5.02 Å². The van der Waals surface area contributed by atoms with E-state index in [0.29, 0.717) is 5.69 Å². The number of carbonyl (C=O) groups is 2. The van der Waals surface area contributed by atoms with E-state index in [4.69, 9.17) is 21.4 Å². The van der Waals surface area contributed by atoms with Crippen LogP contribution in [0.4, 0.5) is 10.1 Å². The van der Waals surface area contributed by atoms with Gasteiger partial charge in [-0.15, -0.1) is 0 Å². The Morgan fingerprint density at radius 1 is 1.25 bits per heavy atom. The molecule has 0 fully saturated rings. The van der Waals surface area contributed by atoms with E-state index < -0.39 is 11.8 Å². The van der Waals surface area contributed by atoms with Crippen LogP contribution in [0.1, 0.15) is 17.3 Å². The van der Waals surface area contributed by atoms with E-state index in [0.717, 1.165) is 6.07 Å². The molecule has 0 saturated heterocycles. The highest BCUT2D eigenvalue weighted by atomic mass is 35.5. The van der Waals surface area contributed by atoms with E-state index in [2.05, 4.69) is 0 Å². The lowest BCUT2D eigenvalue weighted by molar-refractivity contribution is -0.115. The Bertz CT molecular complexity index is 766. The van der Waals surface area contributed by atoms with Gasteiger partial charge in [-0.25, -0.2) is 9.18 Å². The molecule has 0 unspecified atom stereocenters. The first-order valence-electron chi connectivity index (χ1n) is 7.02. The van der Waals surface area contributed by atoms with Crippen LogP contribution in [0, 0.1) is 5.82 Å². The average Bonchev–Trinajstić information content (AvgIpc) is 2.52. The monoisotopic (exact) mass is 351 g/mol. The number of benzene rings is 2. The summed E-state index contributed by atoms with van der Waals surface area (Å²) < 4.78 is 19.2. The Kier molecular flexibility index (Phi) is 5.76. The maximum atomic E-state index is 13.8. The van der Waals surface area contributed by atoms with Crippen LogP contribution < -0.4 is 9.64 Å². The van der Waals surface area contributed by atoms with Gasteiger partial charge in [0.2, 0.25) is 0 Å². The molecule has 2 aromatic rings. The van der Waals surface area contributed by atoms with Gasteiger partial charge in [-0.1, -0.05) is 17.7 Å². The number of hydrogen-bond donors (Lipinski definition) is 1. The summed E-state index contributed by atoms with van der Waals surface area (Å²) in [6.07, 6.45) is 0. The van der Waals surface area contributed by atoms with Crippen LogP contribution in [0.3, 0.4) is 0 Å². The van der Waals surface area contributed by atoms with Crippen LogP contribution in [-0.4, -0.2) is 30.1 Å². The number of carboxylic acid groups (broad SMARTS) is 1. The Hall–Kier alpha value is -2.60. The first-order chi connectivity index (χ1) is 11.4. The van der Waals surface area contributed by atoms with E-state index in [9.17, 15) is 14.0 Å². The molecule has 0 amide bonds. The molecule has 0 aliphatic heterocycles. The van der Waals surface area contributed by atoms with Gasteiger partial charge in [0.15, 0.2) is 18.3 Å². The Balaban J connectivity index is 2.20. The highest BCUT2D eigenvalue weighted by molar-refractivity contribution is 6.30. The zero-order valence-electron chi connectivity index (χ0n) is 12.8. The molecule has 2 aromatic carbocycles. The molecule has 0 spiro atoms. The van der Waals surface area contributed by atoms with Gasteiger partial charge in [-0.3, -0.25) is 4.79 Å². The fourth-order valence-electron chi connectivity index (χ4n) is 2.06. The number of rotatable bonds is 7. The Labute approximate surface area is 143 Å². The van der Waals surface area contributed by atoms with Crippen molar-refractivity contribution in [2.75, 3.05) is 18.2 Å². The van der Waals surface area contributed by atoms with Crippen molar-refractivity contribution >= 4 is 29.0 Å². The SMILES string of the molecule is CC(=O)CN(COc1ccc(Cl)cc1F)c1cccc(C(=O)O)c1. The van der Waals surface area contributed by atoms with E-state index in [1.54, 1.807) is 12.1 Å². The summed E-state index contributed by atoms with van der Waals surface area (Å²) in [7, 11) is 0. The first-order valence-corrected chi connectivity index (χ1v) is 7.40. The van der Waals surface area contributed by atoms with Gasteiger partial charge in [0.1, 0.15) is 5.78 Å². The highest BCUT2D eigenvalue weighted by Crippen LogP contribution is 2.22. The fraction of sp³-hybridized carbons (Fsp3) is 0.176. The number of hydrogen-bond acceptors (Lipinski definition) is 4. The Morgan fingerprint density at radius 3 is 2.62 bits per heavy atom. The van der Waals surface area contributed by atoms with Crippen molar-refractivity contribution in [3.8, 4) is 5.75 Å². The predicted molar refractivity (Wildman–Crippen MR) is 88.3 cm³/mol. The molecule has 5 nitrogen and oxygen atoms in total. The van der Waals surface area contributed by atoms with Gasteiger partial charge < -0.3 is 14.7 Å². The van der Waals surface area contributed by atoms with Gasteiger partial charge >= 0.3 is 5.97 Å². The maximum absolute atomic E-state index is 13.8. The van der Waals surface area contributed by atoms with Crippen molar-refractivity contribution in [3.63, 3.8) is 0 Å². The number of carboxylic acids is 1. The van der Waals surface area contributed by atoms with Crippen molar-refractivity contribution in [2.45, 2.75) is 6.92 Å². The minimum atomic E-state index is -1.08. The lowest BCUT2D eigenvalue weighted by Gasteiger charge is -2.24. The van der Waals surface area contributed by atoms with Crippen LogP contribution in [0.15, 0.2) is 42.5 Å². The van der Waals surface area contributed by atoms with Crippen molar-refractivity contribution in [1.29, 1.82) is 0 Å². The average molecular weight is 352 g/mol. The molecule has 0 radical (unpaired) electrons. The van der Waals surface area contributed by atoms with Crippen LogP contribution in [-0.2, 0) is 4.79 Å². The lowest BCUT2D eigenvalue weighted by Crippen LogP contribution is -2.32. The van der Waals surface area contributed by atoms with Gasteiger partial charge in [0, 0.05) is 10.7 Å². The number of halogens is 2. The second-order valence-corrected chi connectivity index (χ2v) is 5.54. The summed E-state index contributed by atoms with van der Waals surface area (Å²) in [5.74, 6) is -1.85. The third kappa shape index (κ3) is 4.70. The molecule has 0 aromatic heterocycles. The van der Waals surface area contributed by atoms with Crippen molar-refractivity contribution < 1.29 is 23.8 Å². The maximum Gasteiger partial charge on any atom is 0.335 e. The summed E-state index contributed by atoms with van der Waals surface area (Å²) in [5, 5.41) is 9.31. The second kappa shape index (κ2) is 7.79. The number of ketones is 1. The molecule has 0 bridgehead atoms. The standard InChI is InChI=1S/C17H15ClFNO4/c1-11(21)9-20(14-4-2-3-12(7-14)17(22)23)10-24-16-6-5-13(18)8-15(16)19/h2-8H,9-10H2,1H3,(H,22,23). The molecule has 0 heterocycles. The Morgan fingerprint density at radius 2 is 2.00 bits per heavy atom. The smallest absolute Gasteiger partial charge is 0.335 e. The third-order valence-corrected chi connectivity index (χ3v) is 3.38. The van der Waals surface area contributed by atoms with E-state index in [-0.39, 0.29) is 35.4 Å². The molecule has 2 rings (SSSR count). The van der Waals surface area contributed by atoms with Gasteiger partial charge in [0.05, 0.1) is 12.1 Å². The zero-order valence-corrected chi connectivity index (χ0v) is 13.6. The van der Waals surface area contributed by atoms with E-state index in [1.807, 2.05) is 0 Å². The highest BCUT2D eigenvalue weighted by Gasteiger charge is 2.13. The van der Waals surface area contributed by atoms with Crippen molar-refractivity contribution in [2.24, 2.45) is 0 Å². The van der Waals surface area contributed by atoms with Crippen molar-refractivity contribution in [1.82, 2.24) is 0 Å². The predicted octanol–water partition coefficient (Wildman–Crippen LogP) is 3.61. The molecular formula is C17H15ClFNO4. The number of carbonyl (C=O) groups excluding carboxylic acids is 1. The molecule has 1 N–H and O–H groups in total. The normalized spacial score (nSPS) is 10.3. The quantitative estimate of drug-likeness (QED) is 0.772. The third-order valence-electron chi connectivity index (χ3n) is 3.14. The number of ether oxygens (including phenoxy) is 1. The lowest BCUT2D eigenvalue weighted by atomic mass is 10.2. The summed E-state index contributed by atoms with van der Waals surface area (Å²) in [6, 6.07) is 10.1. The van der Waals surface area contributed by atoms with E-state index >= 15 is 0 Å². The van der Waals surface area contributed by atoms with E-state index in [1.165, 1.54) is 36.1 Å². The van der Waals surface area contributed by atoms with Gasteiger partial charge in [-0.2, -0.15) is 0 Å². The summed E-state index contributed by atoms with van der Waals surface area (Å²) in [6.45, 7) is 1.27. The number of aromatic carboxylic acids is 1. The zero-order chi connectivity index (χ0) is 17.7. The molecule has 7 heteroatoms. The summed E-state index contributed by atoms with van der Waals surface area (Å²) in [4.78, 5) is 24.1. The van der Waals surface area contributed by atoms with Crippen LogP contribution in [0.25, 0.3) is 0 Å². The number of Topliss-reactive ketones (excluding diaryl/α,β-unsaturated/α-hetero) is 1. The number of anilines is 1. The van der Waals surface area contributed by atoms with Crippen LogP contribution >= 0.6 is 11.6 Å². The largest absolute Gasteiger partial charge is 0.478 e. The van der Waals surface area contributed by atoms with Gasteiger partial charge in [-0.05, 0) is 43.3 Å². The summed E-state index contributed by atoms with van der Waals surface area (Å²) in [5.41, 5.74) is 0.568. The minimum Gasteiger partial charge on any atom is -0.478 e. The molecule has 24 heavy (non-hydrogen) atoms. The molecule has 0 saturated carbocycles. The minimum absolute atomic E-state index is 0.00171. The molecule has 0 atom stereocenters. The second-order valence-electron chi connectivity index (χ2n) is 5.10. The molecule has 0 aliphatic carbocycles. The van der Waals surface area contributed by atoms with Crippen LogP contribution in [0.5, 0.6) is 5.75 Å². The fourth-order valence-corrected chi connectivity index (χ4v) is 2.21. The van der Waals surface area contributed by atoms with Gasteiger partial charge in [0.25, 0.3) is 0 Å². The molecular weight excluding hydrogens is 337 g/mol. The number of nitrogens with zero attached hydrogens (tertiary/aromatic N) is 1. The van der Waals surface area contributed by atoms with Crippen molar-refractivity contribution in [3.05, 3.63) is 58.9 Å². The summed E-state index contributed by atoms with van der Waals surface area (Å²) >= 11 is 5.69.